The molecule has 0 aromatic heterocycles. The predicted molar refractivity (Wildman–Crippen MR) is 111 cm³/mol. The largest absolute Gasteiger partial charge is 0.339 e. The fraction of sp³-hybridized carbons (Fsp3) is 0.136. The first-order valence-corrected chi connectivity index (χ1v) is 10.1. The maximum Gasteiger partial charge on any atom is 0.284 e. The minimum atomic E-state index is -3.84. The second kappa shape index (κ2) is 7.76. The van der Waals surface area contributed by atoms with Gasteiger partial charge < -0.3 is 5.32 Å². The molecule has 0 unspecified atom stereocenters. The summed E-state index contributed by atoms with van der Waals surface area (Å²) in [5.74, 6) is 0.300. The molecule has 4 nitrogen and oxygen atoms in total. The molecule has 0 spiro atoms. The lowest BCUT2D eigenvalue weighted by atomic mass is 10.0. The van der Waals surface area contributed by atoms with Gasteiger partial charge in [0, 0.05) is 11.3 Å². The molecule has 0 bridgehead atoms. The van der Waals surface area contributed by atoms with Crippen LogP contribution in [-0.4, -0.2) is 14.3 Å². The van der Waals surface area contributed by atoms with Gasteiger partial charge in [-0.25, -0.2) is 0 Å². The normalized spacial score (nSPS) is 12.0. The lowest BCUT2D eigenvalue weighted by Gasteiger charge is -2.16. The van der Waals surface area contributed by atoms with Crippen molar-refractivity contribution in [1.82, 2.24) is 0 Å². The predicted octanol–water partition coefficient (Wildman–Crippen LogP) is 4.86. The van der Waals surface area contributed by atoms with Gasteiger partial charge in [0.25, 0.3) is 10.0 Å². The topological polar surface area (TPSA) is 58.5 Å². The molecule has 0 saturated carbocycles. The summed E-state index contributed by atoms with van der Waals surface area (Å²) >= 11 is 0. The van der Waals surface area contributed by atoms with Crippen LogP contribution in [0.15, 0.2) is 82.1 Å². The van der Waals surface area contributed by atoms with Gasteiger partial charge in [0.2, 0.25) is 0 Å². The number of hydrogen-bond acceptors (Lipinski definition) is 2. The molecule has 1 N–H and O–H groups in total. The first-order chi connectivity index (χ1) is 12.9. The molecule has 0 aliphatic rings. The quantitative estimate of drug-likeness (QED) is 0.521. The van der Waals surface area contributed by atoms with E-state index in [4.69, 9.17) is 0 Å². The van der Waals surface area contributed by atoms with Gasteiger partial charge in [0.15, 0.2) is 5.84 Å². The lowest BCUT2D eigenvalue weighted by molar-refractivity contribution is 0.598. The monoisotopic (exact) mass is 378 g/mol. The van der Waals surface area contributed by atoms with Crippen molar-refractivity contribution >= 4 is 21.5 Å². The zero-order valence-corrected chi connectivity index (χ0v) is 16.4. The van der Waals surface area contributed by atoms with Crippen molar-refractivity contribution < 1.29 is 8.42 Å². The average molecular weight is 378 g/mol. The molecule has 0 atom stereocenters. The van der Waals surface area contributed by atoms with Crippen LogP contribution in [0.3, 0.4) is 0 Å². The van der Waals surface area contributed by atoms with Gasteiger partial charge >= 0.3 is 0 Å². The molecule has 3 rings (SSSR count). The molecule has 0 saturated heterocycles. The van der Waals surface area contributed by atoms with Crippen molar-refractivity contribution in [3.63, 3.8) is 0 Å². The summed E-state index contributed by atoms with van der Waals surface area (Å²) in [6.45, 7) is 6.03. The molecule has 0 heterocycles. The highest BCUT2D eigenvalue weighted by Crippen LogP contribution is 2.23. The number of anilines is 1. The third-order valence-corrected chi connectivity index (χ3v) is 5.51. The van der Waals surface area contributed by atoms with Gasteiger partial charge in [-0.1, -0.05) is 66.2 Å². The van der Waals surface area contributed by atoms with Crippen molar-refractivity contribution in [3.05, 3.63) is 95.1 Å². The zero-order valence-electron chi connectivity index (χ0n) is 15.6. The van der Waals surface area contributed by atoms with Crippen molar-refractivity contribution in [2.75, 3.05) is 5.32 Å². The molecular weight excluding hydrogens is 356 g/mol. The SMILES string of the molecule is Cc1cc(C)c(NC(=NS(=O)(=O)c2ccccc2)c2ccccc2)c(C)c1. The summed E-state index contributed by atoms with van der Waals surface area (Å²) < 4.78 is 29.7. The highest BCUT2D eigenvalue weighted by Gasteiger charge is 2.16. The van der Waals surface area contributed by atoms with E-state index in [0.717, 1.165) is 22.4 Å². The molecule has 5 heteroatoms. The van der Waals surface area contributed by atoms with Crippen LogP contribution in [-0.2, 0) is 10.0 Å². The zero-order chi connectivity index (χ0) is 19.4. The molecule has 27 heavy (non-hydrogen) atoms. The standard InChI is InChI=1S/C22H22N2O2S/c1-16-14-17(2)21(18(3)15-16)23-22(19-10-6-4-7-11-19)24-27(25,26)20-12-8-5-9-13-20/h4-15H,1-3H3,(H,23,24). The summed E-state index contributed by atoms with van der Waals surface area (Å²) in [4.78, 5) is 0.164. The van der Waals surface area contributed by atoms with Gasteiger partial charge in [0.1, 0.15) is 0 Å². The Balaban J connectivity index is 2.11. The van der Waals surface area contributed by atoms with E-state index in [2.05, 4.69) is 21.8 Å². The number of hydrogen-bond donors (Lipinski definition) is 1. The first-order valence-electron chi connectivity index (χ1n) is 8.67. The summed E-state index contributed by atoms with van der Waals surface area (Å²) in [5, 5.41) is 3.26. The number of benzene rings is 3. The number of sulfonamides is 1. The molecule has 0 aliphatic heterocycles. The highest BCUT2D eigenvalue weighted by molar-refractivity contribution is 7.90. The van der Waals surface area contributed by atoms with E-state index in [9.17, 15) is 8.42 Å². The van der Waals surface area contributed by atoms with Crippen molar-refractivity contribution in [1.29, 1.82) is 0 Å². The summed E-state index contributed by atoms with van der Waals surface area (Å²) in [6, 6.07) is 21.6. The summed E-state index contributed by atoms with van der Waals surface area (Å²) in [6.07, 6.45) is 0. The first kappa shape index (κ1) is 18.9. The lowest BCUT2D eigenvalue weighted by Crippen LogP contribution is -2.18. The molecule has 0 fully saturated rings. The molecule has 0 amide bonds. The fourth-order valence-electron chi connectivity index (χ4n) is 3.00. The Morgan fingerprint density at radius 1 is 0.815 bits per heavy atom. The number of nitrogens with one attached hydrogen (secondary N) is 1. The number of nitrogens with zero attached hydrogens (tertiary/aromatic N) is 1. The van der Waals surface area contributed by atoms with Gasteiger partial charge in [-0.3, -0.25) is 0 Å². The smallest absolute Gasteiger partial charge is 0.284 e. The van der Waals surface area contributed by atoms with Gasteiger partial charge in [-0.15, -0.1) is 4.40 Å². The van der Waals surface area contributed by atoms with Crippen LogP contribution in [0.2, 0.25) is 0 Å². The Bertz CT molecular complexity index is 1050. The Morgan fingerprint density at radius 2 is 1.33 bits per heavy atom. The van der Waals surface area contributed by atoms with E-state index in [0.29, 0.717) is 11.4 Å². The third kappa shape index (κ3) is 4.44. The second-order valence-corrected chi connectivity index (χ2v) is 8.10. The minimum absolute atomic E-state index is 0.164. The van der Waals surface area contributed by atoms with E-state index in [-0.39, 0.29) is 4.90 Å². The Hall–Kier alpha value is -2.92. The molecule has 3 aromatic rings. The van der Waals surface area contributed by atoms with E-state index < -0.39 is 10.0 Å². The highest BCUT2D eigenvalue weighted by atomic mass is 32.2. The van der Waals surface area contributed by atoms with Crippen LogP contribution >= 0.6 is 0 Å². The van der Waals surface area contributed by atoms with E-state index in [1.807, 2.05) is 51.1 Å². The van der Waals surface area contributed by atoms with Gasteiger partial charge in [-0.05, 0) is 44.0 Å². The summed E-state index contributed by atoms with van der Waals surface area (Å²) in [5.41, 5.74) is 4.80. The second-order valence-electron chi connectivity index (χ2n) is 6.49. The van der Waals surface area contributed by atoms with Crippen LogP contribution in [0.4, 0.5) is 5.69 Å². The van der Waals surface area contributed by atoms with Crippen LogP contribution in [0.1, 0.15) is 22.3 Å². The van der Waals surface area contributed by atoms with Crippen molar-refractivity contribution in [3.8, 4) is 0 Å². The van der Waals surface area contributed by atoms with Crippen molar-refractivity contribution in [2.45, 2.75) is 25.7 Å². The Morgan fingerprint density at radius 3 is 1.89 bits per heavy atom. The molecule has 138 valence electrons. The molecule has 3 aromatic carbocycles. The Labute approximate surface area is 160 Å². The van der Waals surface area contributed by atoms with Crippen LogP contribution in [0.5, 0.6) is 0 Å². The molecular formula is C22H22N2O2S. The van der Waals surface area contributed by atoms with E-state index in [1.165, 1.54) is 0 Å². The van der Waals surface area contributed by atoms with Gasteiger partial charge in [0.05, 0.1) is 4.90 Å². The van der Waals surface area contributed by atoms with E-state index >= 15 is 0 Å². The van der Waals surface area contributed by atoms with Crippen LogP contribution in [0.25, 0.3) is 0 Å². The number of rotatable bonds is 4. The van der Waals surface area contributed by atoms with E-state index in [1.54, 1.807) is 30.3 Å². The molecule has 0 radical (unpaired) electrons. The number of aryl methyl sites for hydroxylation is 3. The fourth-order valence-corrected chi connectivity index (χ4v) is 4.00. The third-order valence-electron chi connectivity index (χ3n) is 4.22. The van der Waals surface area contributed by atoms with Crippen molar-refractivity contribution in [2.24, 2.45) is 4.40 Å². The maximum absolute atomic E-state index is 12.8. The maximum atomic E-state index is 12.8. The summed E-state index contributed by atoms with van der Waals surface area (Å²) in [7, 11) is -3.84. The molecule has 0 aliphatic carbocycles. The Kier molecular flexibility index (Phi) is 5.42. The van der Waals surface area contributed by atoms with Crippen LogP contribution < -0.4 is 5.32 Å². The average Bonchev–Trinajstić information content (AvgIpc) is 2.65. The van der Waals surface area contributed by atoms with Gasteiger partial charge in [-0.2, -0.15) is 8.42 Å². The minimum Gasteiger partial charge on any atom is -0.339 e. The van der Waals surface area contributed by atoms with Crippen LogP contribution in [0, 0.1) is 20.8 Å². The number of amidine groups is 1.